The summed E-state index contributed by atoms with van der Waals surface area (Å²) in [6.45, 7) is 6.20. The molecule has 0 saturated heterocycles. The van der Waals surface area contributed by atoms with E-state index in [9.17, 15) is 9.90 Å². The van der Waals surface area contributed by atoms with Crippen LogP contribution < -0.4 is 9.64 Å². The number of anilines is 1. The van der Waals surface area contributed by atoms with E-state index in [1.165, 1.54) is 4.91 Å². The Bertz CT molecular complexity index is 1100. The maximum atomic E-state index is 11.8. The van der Waals surface area contributed by atoms with Gasteiger partial charge in [0.25, 0.3) is 0 Å². The van der Waals surface area contributed by atoms with Gasteiger partial charge in [-0.2, -0.15) is 0 Å². The molecule has 2 aromatic rings. The highest BCUT2D eigenvalue weighted by atomic mass is 32.2. The van der Waals surface area contributed by atoms with Gasteiger partial charge in [-0.15, -0.1) is 11.8 Å². The number of ether oxygens (including phenoxy) is 2. The van der Waals surface area contributed by atoms with Crippen LogP contribution in [0.4, 0.5) is 5.69 Å². The molecule has 2 aliphatic rings. The van der Waals surface area contributed by atoms with E-state index in [2.05, 4.69) is 48.2 Å². The van der Waals surface area contributed by atoms with Crippen LogP contribution in [0.1, 0.15) is 38.7 Å². The number of rotatable bonds is 10. The molecular formula is C28H34N2O4S. The van der Waals surface area contributed by atoms with Crippen molar-refractivity contribution in [2.24, 2.45) is 0 Å². The third-order valence-corrected chi connectivity index (χ3v) is 7.27. The van der Waals surface area contributed by atoms with Crippen molar-refractivity contribution in [1.82, 2.24) is 4.90 Å². The second-order valence-corrected chi connectivity index (χ2v) is 10.1. The predicted molar refractivity (Wildman–Crippen MR) is 144 cm³/mol. The van der Waals surface area contributed by atoms with Gasteiger partial charge in [-0.05, 0) is 66.8 Å². The molecule has 0 aliphatic carbocycles. The van der Waals surface area contributed by atoms with Crippen LogP contribution >= 0.6 is 11.8 Å². The van der Waals surface area contributed by atoms with Crippen LogP contribution in [0, 0.1) is 0 Å². The van der Waals surface area contributed by atoms with Gasteiger partial charge in [0.15, 0.2) is 6.29 Å². The fourth-order valence-electron chi connectivity index (χ4n) is 4.23. The molecule has 1 atom stereocenters. The SMILES string of the molecule is CCCCOC(C)Oc1ccc(-c2ccc3c(c2)C=C(C(=O)O)CCN3CC2=CN(C)CS2)cc1. The second-order valence-electron chi connectivity index (χ2n) is 8.98. The third-order valence-electron chi connectivity index (χ3n) is 6.13. The fourth-order valence-corrected chi connectivity index (χ4v) is 5.18. The molecular weight excluding hydrogens is 460 g/mol. The van der Waals surface area contributed by atoms with E-state index >= 15 is 0 Å². The zero-order valence-corrected chi connectivity index (χ0v) is 21.5. The second kappa shape index (κ2) is 11.7. The maximum Gasteiger partial charge on any atom is 0.331 e. The largest absolute Gasteiger partial charge is 0.478 e. The number of carbonyl (C=O) groups is 1. The smallest absolute Gasteiger partial charge is 0.331 e. The number of hydrogen-bond donors (Lipinski definition) is 1. The topological polar surface area (TPSA) is 62.2 Å². The summed E-state index contributed by atoms with van der Waals surface area (Å²) in [7, 11) is 2.07. The monoisotopic (exact) mass is 494 g/mol. The summed E-state index contributed by atoms with van der Waals surface area (Å²) in [6.07, 6.45) is 6.34. The summed E-state index contributed by atoms with van der Waals surface area (Å²) in [6, 6.07) is 14.3. The number of thioether (sulfide) groups is 1. The molecule has 4 rings (SSSR count). The molecule has 1 N–H and O–H groups in total. The summed E-state index contributed by atoms with van der Waals surface area (Å²) in [5, 5.41) is 9.72. The van der Waals surface area contributed by atoms with E-state index in [4.69, 9.17) is 9.47 Å². The van der Waals surface area contributed by atoms with Gasteiger partial charge in [0, 0.05) is 36.0 Å². The van der Waals surface area contributed by atoms with Gasteiger partial charge in [-0.25, -0.2) is 4.79 Å². The van der Waals surface area contributed by atoms with Crippen molar-refractivity contribution in [3.63, 3.8) is 0 Å². The minimum atomic E-state index is -0.853. The van der Waals surface area contributed by atoms with E-state index in [1.54, 1.807) is 0 Å². The number of benzene rings is 2. The van der Waals surface area contributed by atoms with Crippen LogP contribution in [0.25, 0.3) is 17.2 Å². The summed E-state index contributed by atoms with van der Waals surface area (Å²) >= 11 is 1.83. The van der Waals surface area contributed by atoms with Gasteiger partial charge in [-0.3, -0.25) is 0 Å². The lowest BCUT2D eigenvalue weighted by molar-refractivity contribution is -0.132. The quantitative estimate of drug-likeness (QED) is 0.319. The first-order valence-electron chi connectivity index (χ1n) is 12.2. The van der Waals surface area contributed by atoms with E-state index in [0.29, 0.717) is 25.1 Å². The lowest BCUT2D eigenvalue weighted by Gasteiger charge is -2.25. The normalized spacial score (nSPS) is 16.3. The summed E-state index contributed by atoms with van der Waals surface area (Å²) in [4.78, 5) is 17.6. The molecule has 7 heteroatoms. The molecule has 186 valence electrons. The molecule has 0 saturated carbocycles. The van der Waals surface area contributed by atoms with Crippen molar-refractivity contribution in [1.29, 1.82) is 0 Å². The maximum absolute atomic E-state index is 11.8. The Labute approximate surface area is 212 Å². The van der Waals surface area contributed by atoms with Crippen LogP contribution in [0.5, 0.6) is 5.75 Å². The average Bonchev–Trinajstić information content (AvgIpc) is 3.16. The molecule has 2 heterocycles. The Morgan fingerprint density at radius 2 is 1.94 bits per heavy atom. The minimum Gasteiger partial charge on any atom is -0.478 e. The number of unbranched alkanes of at least 4 members (excludes halogenated alkanes) is 1. The minimum absolute atomic E-state index is 0.293. The molecule has 0 bridgehead atoms. The van der Waals surface area contributed by atoms with Crippen molar-refractivity contribution in [2.75, 3.05) is 37.5 Å². The van der Waals surface area contributed by atoms with Crippen molar-refractivity contribution in [3.8, 4) is 16.9 Å². The van der Waals surface area contributed by atoms with Crippen LogP contribution in [0.15, 0.2) is 59.1 Å². The number of nitrogens with zero attached hydrogens (tertiary/aromatic N) is 2. The van der Waals surface area contributed by atoms with Gasteiger partial charge in [0.2, 0.25) is 0 Å². The van der Waals surface area contributed by atoms with Crippen molar-refractivity contribution < 1.29 is 19.4 Å². The van der Waals surface area contributed by atoms with Gasteiger partial charge in [0.1, 0.15) is 5.75 Å². The molecule has 1 unspecified atom stereocenters. The molecule has 6 nitrogen and oxygen atoms in total. The fraction of sp³-hybridized carbons (Fsp3) is 0.393. The molecule has 2 aromatic carbocycles. The Hall–Kier alpha value is -2.90. The lowest BCUT2D eigenvalue weighted by Crippen LogP contribution is -2.26. The summed E-state index contributed by atoms with van der Waals surface area (Å²) in [5.41, 5.74) is 4.54. The number of carboxylic acids is 1. The molecule has 0 fully saturated rings. The van der Waals surface area contributed by atoms with Gasteiger partial charge in [0.05, 0.1) is 19.0 Å². The molecule has 0 radical (unpaired) electrons. The van der Waals surface area contributed by atoms with E-state index in [0.717, 1.165) is 53.4 Å². The zero-order chi connectivity index (χ0) is 24.8. The Morgan fingerprint density at radius 3 is 2.63 bits per heavy atom. The summed E-state index contributed by atoms with van der Waals surface area (Å²) < 4.78 is 11.5. The molecule has 2 aliphatic heterocycles. The van der Waals surface area contributed by atoms with Crippen LogP contribution in [-0.4, -0.2) is 54.9 Å². The first-order chi connectivity index (χ1) is 16.9. The van der Waals surface area contributed by atoms with Crippen LogP contribution in [0.3, 0.4) is 0 Å². The number of carboxylic acid groups (broad SMARTS) is 1. The molecule has 0 spiro atoms. The summed E-state index contributed by atoms with van der Waals surface area (Å²) in [5.74, 6) is 0.866. The highest BCUT2D eigenvalue weighted by Crippen LogP contribution is 2.35. The van der Waals surface area contributed by atoms with E-state index < -0.39 is 5.97 Å². The lowest BCUT2D eigenvalue weighted by atomic mass is 10.00. The zero-order valence-electron chi connectivity index (χ0n) is 20.7. The van der Waals surface area contributed by atoms with Gasteiger partial charge < -0.3 is 24.4 Å². The van der Waals surface area contributed by atoms with Crippen molar-refractivity contribution in [3.05, 3.63) is 64.7 Å². The van der Waals surface area contributed by atoms with Gasteiger partial charge >= 0.3 is 5.97 Å². The molecule has 0 aromatic heterocycles. The predicted octanol–water partition coefficient (Wildman–Crippen LogP) is 6.05. The van der Waals surface area contributed by atoms with Crippen molar-refractivity contribution in [2.45, 2.75) is 39.4 Å². The molecule has 0 amide bonds. The average molecular weight is 495 g/mol. The first kappa shape index (κ1) is 25.2. The van der Waals surface area contributed by atoms with E-state index in [1.807, 2.05) is 49.0 Å². The van der Waals surface area contributed by atoms with Gasteiger partial charge in [-0.1, -0.05) is 31.5 Å². The van der Waals surface area contributed by atoms with Crippen LogP contribution in [0.2, 0.25) is 0 Å². The highest BCUT2D eigenvalue weighted by molar-refractivity contribution is 8.03. The highest BCUT2D eigenvalue weighted by Gasteiger charge is 2.22. The number of fused-ring (bicyclic) bond motifs is 1. The number of aliphatic carboxylic acids is 1. The van der Waals surface area contributed by atoms with Crippen LogP contribution in [-0.2, 0) is 9.53 Å². The standard InChI is InChI=1S/C28H34N2O4S/c1-4-5-14-33-20(2)34-25-9-6-21(7-10-25)22-8-11-27-24(15-22)16-23(28(31)32)12-13-30(27)18-26-17-29(3)19-35-26/h6-11,15-17,20H,4-5,12-14,18-19H2,1-3H3,(H,31,32). The Balaban J connectivity index is 1.54. The first-order valence-corrected chi connectivity index (χ1v) is 13.2. The molecule has 35 heavy (non-hydrogen) atoms. The Morgan fingerprint density at radius 1 is 1.17 bits per heavy atom. The van der Waals surface area contributed by atoms with Crippen molar-refractivity contribution >= 4 is 29.5 Å². The Kier molecular flexibility index (Phi) is 8.42. The number of hydrogen-bond acceptors (Lipinski definition) is 6. The van der Waals surface area contributed by atoms with E-state index in [-0.39, 0.29) is 6.29 Å². The third kappa shape index (κ3) is 6.61.